The summed E-state index contributed by atoms with van der Waals surface area (Å²) in [5, 5.41) is 11.8. The summed E-state index contributed by atoms with van der Waals surface area (Å²) < 4.78 is 0. The summed E-state index contributed by atoms with van der Waals surface area (Å²) in [6.07, 6.45) is 1.17. The van der Waals surface area contributed by atoms with Crippen LogP contribution in [0.2, 0.25) is 0 Å². The molecule has 1 fully saturated rings. The molecule has 1 heterocycles. The van der Waals surface area contributed by atoms with E-state index < -0.39 is 0 Å². The van der Waals surface area contributed by atoms with Gasteiger partial charge in [0.05, 0.1) is 12.1 Å². The molecule has 1 rings (SSSR count). The van der Waals surface area contributed by atoms with Gasteiger partial charge in [-0.05, 0) is 26.9 Å². The Morgan fingerprint density at radius 2 is 2.45 bits per heavy atom. The maximum Gasteiger partial charge on any atom is 0.0927 e. The summed E-state index contributed by atoms with van der Waals surface area (Å²) >= 11 is 0. The second kappa shape index (κ2) is 3.70. The molecule has 2 unspecified atom stereocenters. The lowest BCUT2D eigenvalue weighted by atomic mass is 10.2. The van der Waals surface area contributed by atoms with Crippen LogP contribution in [0.1, 0.15) is 13.3 Å². The summed E-state index contributed by atoms with van der Waals surface area (Å²) in [6.45, 7) is 4.13. The van der Waals surface area contributed by atoms with Gasteiger partial charge in [-0.2, -0.15) is 5.26 Å². The highest BCUT2D eigenvalue weighted by Crippen LogP contribution is 2.06. The van der Waals surface area contributed by atoms with Gasteiger partial charge in [0, 0.05) is 12.6 Å². The van der Waals surface area contributed by atoms with Crippen molar-refractivity contribution in [1.29, 1.82) is 5.26 Å². The first-order valence-electron chi connectivity index (χ1n) is 4.06. The number of likely N-dealkylation sites (N-methyl/N-ethyl adjacent to an activating group) is 1. The van der Waals surface area contributed by atoms with E-state index in [1.165, 1.54) is 6.42 Å². The van der Waals surface area contributed by atoms with Gasteiger partial charge in [0.1, 0.15) is 0 Å². The monoisotopic (exact) mass is 153 g/mol. The first-order valence-corrected chi connectivity index (χ1v) is 4.06. The van der Waals surface area contributed by atoms with Crippen LogP contribution in [0.15, 0.2) is 0 Å². The zero-order valence-corrected chi connectivity index (χ0v) is 7.17. The molecular weight excluding hydrogens is 138 g/mol. The molecule has 0 saturated carbocycles. The Labute approximate surface area is 68.0 Å². The van der Waals surface area contributed by atoms with Crippen LogP contribution in [0, 0.1) is 11.3 Å². The van der Waals surface area contributed by atoms with Gasteiger partial charge < -0.3 is 4.90 Å². The molecule has 2 atom stereocenters. The van der Waals surface area contributed by atoms with Gasteiger partial charge >= 0.3 is 0 Å². The highest BCUT2D eigenvalue weighted by molar-refractivity contribution is 4.90. The zero-order chi connectivity index (χ0) is 8.27. The normalized spacial score (nSPS) is 28.3. The fraction of sp³-hybridized carbons (Fsp3) is 0.875. The third-order valence-electron chi connectivity index (χ3n) is 2.07. The van der Waals surface area contributed by atoms with Crippen LogP contribution in [-0.2, 0) is 0 Å². The van der Waals surface area contributed by atoms with Gasteiger partial charge in [-0.1, -0.05) is 0 Å². The highest BCUT2D eigenvalue weighted by Gasteiger charge is 2.19. The zero-order valence-electron chi connectivity index (χ0n) is 7.17. The smallest absolute Gasteiger partial charge is 0.0927 e. The SMILES string of the molecule is CC(C#N)NC1CCN(C)C1. The van der Waals surface area contributed by atoms with Crippen molar-refractivity contribution in [3.05, 3.63) is 0 Å². The topological polar surface area (TPSA) is 39.1 Å². The van der Waals surface area contributed by atoms with Crippen molar-refractivity contribution in [2.75, 3.05) is 20.1 Å². The van der Waals surface area contributed by atoms with E-state index in [4.69, 9.17) is 5.26 Å². The number of nitrogens with one attached hydrogen (secondary N) is 1. The van der Waals surface area contributed by atoms with Gasteiger partial charge in [0.15, 0.2) is 0 Å². The van der Waals surface area contributed by atoms with E-state index in [-0.39, 0.29) is 6.04 Å². The molecule has 0 radical (unpaired) electrons. The summed E-state index contributed by atoms with van der Waals surface area (Å²) in [5.41, 5.74) is 0. The molecule has 3 heteroatoms. The number of nitrogens with zero attached hydrogens (tertiary/aromatic N) is 2. The van der Waals surface area contributed by atoms with E-state index in [1.54, 1.807) is 0 Å². The first-order chi connectivity index (χ1) is 5.22. The van der Waals surface area contributed by atoms with Crippen LogP contribution in [0.25, 0.3) is 0 Å². The van der Waals surface area contributed by atoms with Crippen LogP contribution in [0.4, 0.5) is 0 Å². The first kappa shape index (κ1) is 8.51. The van der Waals surface area contributed by atoms with E-state index in [0.717, 1.165) is 13.1 Å². The van der Waals surface area contributed by atoms with Crippen LogP contribution in [-0.4, -0.2) is 37.1 Å². The average molecular weight is 153 g/mol. The van der Waals surface area contributed by atoms with Crippen molar-refractivity contribution < 1.29 is 0 Å². The minimum Gasteiger partial charge on any atom is -0.305 e. The standard InChI is InChI=1S/C8H15N3/c1-7(5-9)10-8-3-4-11(2)6-8/h7-8,10H,3-4,6H2,1-2H3. The largest absolute Gasteiger partial charge is 0.305 e. The lowest BCUT2D eigenvalue weighted by molar-refractivity contribution is 0.394. The lowest BCUT2D eigenvalue weighted by Gasteiger charge is -2.13. The van der Waals surface area contributed by atoms with Crippen LogP contribution < -0.4 is 5.32 Å². The molecule has 1 N–H and O–H groups in total. The molecule has 0 bridgehead atoms. The second-order valence-corrected chi connectivity index (χ2v) is 3.27. The van der Waals surface area contributed by atoms with E-state index >= 15 is 0 Å². The predicted octanol–water partition coefficient (Wildman–Crippen LogP) is 0.192. The molecule has 62 valence electrons. The fourth-order valence-corrected chi connectivity index (χ4v) is 1.46. The van der Waals surface area contributed by atoms with Crippen LogP contribution >= 0.6 is 0 Å². The van der Waals surface area contributed by atoms with Crippen molar-refractivity contribution in [3.63, 3.8) is 0 Å². The quantitative estimate of drug-likeness (QED) is 0.615. The van der Waals surface area contributed by atoms with Crippen molar-refractivity contribution in [2.24, 2.45) is 0 Å². The van der Waals surface area contributed by atoms with E-state index in [9.17, 15) is 0 Å². The van der Waals surface area contributed by atoms with Gasteiger partial charge in [0.25, 0.3) is 0 Å². The summed E-state index contributed by atoms with van der Waals surface area (Å²) in [6, 6.07) is 2.69. The number of likely N-dealkylation sites (tertiary alicyclic amines) is 1. The third-order valence-corrected chi connectivity index (χ3v) is 2.07. The number of hydrogen-bond donors (Lipinski definition) is 1. The Morgan fingerprint density at radius 3 is 2.91 bits per heavy atom. The molecular formula is C8H15N3. The molecule has 0 aromatic carbocycles. The Hall–Kier alpha value is -0.590. The van der Waals surface area contributed by atoms with E-state index in [0.29, 0.717) is 6.04 Å². The molecule has 0 spiro atoms. The van der Waals surface area contributed by atoms with E-state index in [1.807, 2.05) is 6.92 Å². The molecule has 0 aliphatic carbocycles. The van der Waals surface area contributed by atoms with Gasteiger partial charge in [-0.15, -0.1) is 0 Å². The predicted molar refractivity (Wildman–Crippen MR) is 44.1 cm³/mol. The Morgan fingerprint density at radius 1 is 1.73 bits per heavy atom. The maximum atomic E-state index is 8.53. The van der Waals surface area contributed by atoms with Crippen molar-refractivity contribution in [2.45, 2.75) is 25.4 Å². The molecule has 0 aromatic heterocycles. The second-order valence-electron chi connectivity index (χ2n) is 3.27. The molecule has 1 saturated heterocycles. The lowest BCUT2D eigenvalue weighted by Crippen LogP contribution is -2.37. The molecule has 3 nitrogen and oxygen atoms in total. The third kappa shape index (κ3) is 2.49. The Bertz CT molecular complexity index is 161. The van der Waals surface area contributed by atoms with E-state index in [2.05, 4.69) is 23.3 Å². The molecule has 0 amide bonds. The average Bonchev–Trinajstić information content (AvgIpc) is 2.35. The molecule has 0 aromatic rings. The van der Waals surface area contributed by atoms with Crippen LogP contribution in [0.3, 0.4) is 0 Å². The van der Waals surface area contributed by atoms with Crippen molar-refractivity contribution in [1.82, 2.24) is 10.2 Å². The molecule has 11 heavy (non-hydrogen) atoms. The van der Waals surface area contributed by atoms with Crippen molar-refractivity contribution in [3.8, 4) is 6.07 Å². The van der Waals surface area contributed by atoms with Gasteiger partial charge in [-0.3, -0.25) is 5.32 Å². The Kier molecular flexibility index (Phi) is 2.86. The van der Waals surface area contributed by atoms with Gasteiger partial charge in [-0.25, -0.2) is 0 Å². The number of nitriles is 1. The maximum absolute atomic E-state index is 8.53. The van der Waals surface area contributed by atoms with Crippen molar-refractivity contribution >= 4 is 0 Å². The Balaban J connectivity index is 2.24. The highest BCUT2D eigenvalue weighted by atomic mass is 15.2. The minimum atomic E-state index is -0.00787. The molecule has 1 aliphatic heterocycles. The minimum absolute atomic E-state index is 0.00787. The summed E-state index contributed by atoms with van der Waals surface area (Å²) in [7, 11) is 2.11. The number of hydrogen-bond acceptors (Lipinski definition) is 3. The molecule has 1 aliphatic rings. The van der Waals surface area contributed by atoms with Gasteiger partial charge in [0.2, 0.25) is 0 Å². The van der Waals surface area contributed by atoms with Crippen LogP contribution in [0.5, 0.6) is 0 Å². The fourth-order valence-electron chi connectivity index (χ4n) is 1.46. The summed E-state index contributed by atoms with van der Waals surface area (Å²) in [5.74, 6) is 0. The summed E-state index contributed by atoms with van der Waals surface area (Å²) in [4.78, 5) is 2.28. The number of rotatable bonds is 2.